The summed E-state index contributed by atoms with van der Waals surface area (Å²) in [5, 5.41) is 20.2. The molecule has 0 bridgehead atoms. The zero-order valence-electron chi connectivity index (χ0n) is 12.3. The number of rotatable bonds is 3. The third kappa shape index (κ3) is 1.95. The number of benzene rings is 1. The van der Waals surface area contributed by atoms with E-state index in [1.54, 1.807) is 23.2 Å². The number of anilines is 1. The van der Waals surface area contributed by atoms with Crippen molar-refractivity contribution in [2.75, 3.05) is 18.6 Å². The Bertz CT molecular complexity index is 745. The monoisotopic (exact) mass is 300 g/mol. The first-order chi connectivity index (χ1) is 10.6. The van der Waals surface area contributed by atoms with Gasteiger partial charge >= 0.3 is 0 Å². The number of phenolic OH excluding ortho intramolecular Hbond substituents is 2. The fourth-order valence-electron chi connectivity index (χ4n) is 2.83. The second-order valence-electron chi connectivity index (χ2n) is 5.01. The van der Waals surface area contributed by atoms with Gasteiger partial charge in [-0.2, -0.15) is 0 Å². The highest BCUT2D eigenvalue weighted by Gasteiger charge is 2.40. The molecule has 2 heterocycles. The van der Waals surface area contributed by atoms with E-state index in [-0.39, 0.29) is 23.2 Å². The van der Waals surface area contributed by atoms with Crippen LogP contribution < -0.4 is 9.64 Å². The van der Waals surface area contributed by atoms with Gasteiger partial charge in [-0.05, 0) is 19.1 Å². The molecule has 1 aliphatic rings. The summed E-state index contributed by atoms with van der Waals surface area (Å²) in [6.07, 6.45) is 1.63. The van der Waals surface area contributed by atoms with E-state index in [9.17, 15) is 15.0 Å². The molecule has 6 nitrogen and oxygen atoms in total. The van der Waals surface area contributed by atoms with Crippen LogP contribution in [0.5, 0.6) is 17.2 Å². The first kappa shape index (κ1) is 14.2. The number of nitrogens with zero attached hydrogens (tertiary/aromatic N) is 2. The lowest BCUT2D eigenvalue weighted by atomic mass is 9.92. The predicted octanol–water partition coefficient (Wildman–Crippen LogP) is 2.00. The Morgan fingerprint density at radius 1 is 1.27 bits per heavy atom. The average molecular weight is 300 g/mol. The molecule has 0 fully saturated rings. The lowest BCUT2D eigenvalue weighted by Crippen LogP contribution is -2.29. The fourth-order valence-corrected chi connectivity index (χ4v) is 2.83. The Balaban J connectivity index is 2.17. The van der Waals surface area contributed by atoms with Gasteiger partial charge in [-0.25, -0.2) is 4.98 Å². The number of carbonyl (C=O) groups is 1. The van der Waals surface area contributed by atoms with Crippen LogP contribution in [0.4, 0.5) is 5.82 Å². The maximum atomic E-state index is 12.7. The zero-order chi connectivity index (χ0) is 15.9. The van der Waals surface area contributed by atoms with Gasteiger partial charge in [0.25, 0.3) is 0 Å². The Kier molecular flexibility index (Phi) is 3.36. The molecule has 114 valence electrons. The molecular formula is C16H16N2O4. The molecule has 0 saturated heterocycles. The van der Waals surface area contributed by atoms with E-state index in [1.165, 1.54) is 19.2 Å². The van der Waals surface area contributed by atoms with E-state index in [0.717, 1.165) is 0 Å². The molecule has 1 unspecified atom stereocenters. The predicted molar refractivity (Wildman–Crippen MR) is 80.4 cm³/mol. The quantitative estimate of drug-likeness (QED) is 0.847. The molecule has 1 aromatic heterocycles. The van der Waals surface area contributed by atoms with Crippen LogP contribution in [-0.4, -0.2) is 34.8 Å². The van der Waals surface area contributed by atoms with E-state index in [0.29, 0.717) is 23.5 Å². The molecule has 3 rings (SSSR count). The molecule has 1 aromatic carbocycles. The first-order valence-corrected chi connectivity index (χ1v) is 6.94. The highest BCUT2D eigenvalue weighted by Crippen LogP contribution is 2.45. The third-order valence-corrected chi connectivity index (χ3v) is 3.85. The topological polar surface area (TPSA) is 82.9 Å². The second-order valence-corrected chi connectivity index (χ2v) is 5.01. The van der Waals surface area contributed by atoms with Gasteiger partial charge in [-0.15, -0.1) is 0 Å². The van der Waals surface area contributed by atoms with Crippen molar-refractivity contribution >= 4 is 11.7 Å². The molecular weight excluding hydrogens is 284 g/mol. The number of ether oxygens (including phenoxy) is 1. The summed E-state index contributed by atoms with van der Waals surface area (Å²) < 4.78 is 4.96. The smallest absolute Gasteiger partial charge is 0.240 e. The number of phenols is 2. The summed E-state index contributed by atoms with van der Waals surface area (Å²) in [4.78, 5) is 18.5. The number of pyridine rings is 1. The number of amides is 1. The van der Waals surface area contributed by atoms with Crippen molar-refractivity contribution in [1.29, 1.82) is 0 Å². The van der Waals surface area contributed by atoms with Crippen LogP contribution in [0.15, 0.2) is 30.5 Å². The van der Waals surface area contributed by atoms with Gasteiger partial charge in [-0.1, -0.05) is 6.07 Å². The van der Waals surface area contributed by atoms with Crippen LogP contribution in [0.1, 0.15) is 24.0 Å². The van der Waals surface area contributed by atoms with Crippen molar-refractivity contribution in [3.63, 3.8) is 0 Å². The molecule has 2 N–H and O–H groups in total. The maximum Gasteiger partial charge on any atom is 0.240 e. The number of hydrogen-bond donors (Lipinski definition) is 2. The van der Waals surface area contributed by atoms with Crippen molar-refractivity contribution in [1.82, 2.24) is 4.98 Å². The molecule has 0 spiro atoms. The maximum absolute atomic E-state index is 12.7. The number of likely N-dealkylation sites (N-methyl/N-ethyl adjacent to an activating group) is 1. The summed E-state index contributed by atoms with van der Waals surface area (Å²) >= 11 is 0. The molecule has 1 aliphatic heterocycles. The number of methoxy groups -OCH3 is 1. The van der Waals surface area contributed by atoms with Gasteiger partial charge < -0.3 is 14.9 Å². The molecule has 2 aromatic rings. The first-order valence-electron chi connectivity index (χ1n) is 6.94. The van der Waals surface area contributed by atoms with E-state index < -0.39 is 5.92 Å². The third-order valence-electron chi connectivity index (χ3n) is 3.85. The van der Waals surface area contributed by atoms with Crippen LogP contribution >= 0.6 is 0 Å². The van der Waals surface area contributed by atoms with Crippen LogP contribution in [0.3, 0.4) is 0 Å². The van der Waals surface area contributed by atoms with Crippen molar-refractivity contribution in [3.05, 3.63) is 41.6 Å². The summed E-state index contributed by atoms with van der Waals surface area (Å²) in [5.74, 6) is -0.319. The summed E-state index contributed by atoms with van der Waals surface area (Å²) in [5.41, 5.74) is 1.06. The van der Waals surface area contributed by atoms with Gasteiger partial charge in [0.1, 0.15) is 11.6 Å². The van der Waals surface area contributed by atoms with Crippen LogP contribution in [0.2, 0.25) is 0 Å². The minimum Gasteiger partial charge on any atom is -0.507 e. The Morgan fingerprint density at radius 3 is 2.73 bits per heavy atom. The van der Waals surface area contributed by atoms with Crippen molar-refractivity contribution in [3.8, 4) is 17.2 Å². The number of fused-ring (bicyclic) bond motifs is 1. The second kappa shape index (κ2) is 5.22. The number of aromatic hydroxyl groups is 2. The molecule has 0 saturated carbocycles. The highest BCUT2D eigenvalue weighted by atomic mass is 16.5. The lowest BCUT2D eigenvalue weighted by Gasteiger charge is -2.16. The largest absolute Gasteiger partial charge is 0.507 e. The van der Waals surface area contributed by atoms with Crippen molar-refractivity contribution in [2.24, 2.45) is 0 Å². The van der Waals surface area contributed by atoms with Crippen molar-refractivity contribution < 1.29 is 19.7 Å². The van der Waals surface area contributed by atoms with Gasteiger partial charge in [0, 0.05) is 29.9 Å². The molecule has 1 atom stereocenters. The molecule has 0 radical (unpaired) electrons. The fraction of sp³-hybridized carbons (Fsp3) is 0.250. The van der Waals surface area contributed by atoms with Crippen LogP contribution in [0, 0.1) is 0 Å². The minimum atomic E-state index is -0.680. The van der Waals surface area contributed by atoms with Gasteiger partial charge in [0.2, 0.25) is 5.91 Å². The molecule has 0 aliphatic carbocycles. The summed E-state index contributed by atoms with van der Waals surface area (Å²) in [6.45, 7) is 2.35. The number of carbonyl (C=O) groups excluding carboxylic acids is 1. The number of hydrogen-bond acceptors (Lipinski definition) is 5. The molecule has 6 heteroatoms. The Hall–Kier alpha value is -2.76. The zero-order valence-corrected chi connectivity index (χ0v) is 12.3. The van der Waals surface area contributed by atoms with Gasteiger partial charge in [0.05, 0.1) is 13.0 Å². The van der Waals surface area contributed by atoms with Crippen LogP contribution in [0.25, 0.3) is 0 Å². The minimum absolute atomic E-state index is 0.0965. The Morgan fingerprint density at radius 2 is 2.05 bits per heavy atom. The lowest BCUT2D eigenvalue weighted by molar-refractivity contribution is -0.118. The normalized spacial score (nSPS) is 16.7. The summed E-state index contributed by atoms with van der Waals surface area (Å²) in [6, 6.07) is 6.23. The number of aromatic nitrogens is 1. The SMILES string of the molecule is CCN1C(=O)C(c2cc(O)c(OC)cc2O)c2cccnc21. The molecule has 1 amide bonds. The summed E-state index contributed by atoms with van der Waals surface area (Å²) in [7, 11) is 1.40. The highest BCUT2D eigenvalue weighted by molar-refractivity contribution is 6.06. The van der Waals surface area contributed by atoms with E-state index in [1.807, 2.05) is 6.92 Å². The van der Waals surface area contributed by atoms with E-state index in [2.05, 4.69) is 4.98 Å². The van der Waals surface area contributed by atoms with Gasteiger partial charge in [-0.3, -0.25) is 9.69 Å². The van der Waals surface area contributed by atoms with E-state index in [4.69, 9.17) is 4.74 Å². The molecule has 22 heavy (non-hydrogen) atoms. The average Bonchev–Trinajstić information content (AvgIpc) is 2.80. The Labute approximate surface area is 127 Å². The van der Waals surface area contributed by atoms with E-state index >= 15 is 0 Å². The van der Waals surface area contributed by atoms with Gasteiger partial charge in [0.15, 0.2) is 11.5 Å². The van der Waals surface area contributed by atoms with Crippen LogP contribution in [-0.2, 0) is 4.79 Å². The standard InChI is InChI=1S/C16H16N2O4/c1-3-18-15-9(5-4-6-17-15)14(16(18)21)10-7-12(20)13(22-2)8-11(10)19/h4-8,14,19-20H,3H2,1-2H3. The van der Waals surface area contributed by atoms with Crippen molar-refractivity contribution in [2.45, 2.75) is 12.8 Å².